The third-order valence-corrected chi connectivity index (χ3v) is 3.60. The maximum atomic E-state index is 5.35. The zero-order valence-corrected chi connectivity index (χ0v) is 11.8. The fourth-order valence-corrected chi connectivity index (χ4v) is 2.09. The Balaban J connectivity index is 1.80. The second-order valence-corrected chi connectivity index (χ2v) is 5.23. The SMILES string of the molecule is CO[C@H](C)c1cccc(-c2ccc(NC3CC3)nn2)c1. The van der Waals surface area contributed by atoms with Gasteiger partial charge in [-0.15, -0.1) is 10.2 Å². The number of hydrogen-bond acceptors (Lipinski definition) is 4. The molecule has 0 aliphatic heterocycles. The molecule has 1 saturated carbocycles. The van der Waals surface area contributed by atoms with Gasteiger partial charge in [0.25, 0.3) is 0 Å². The number of benzene rings is 1. The third kappa shape index (κ3) is 2.96. The molecule has 0 spiro atoms. The van der Waals surface area contributed by atoms with Crippen molar-refractivity contribution in [3.8, 4) is 11.3 Å². The van der Waals surface area contributed by atoms with Crippen LogP contribution in [-0.4, -0.2) is 23.3 Å². The minimum absolute atomic E-state index is 0.0821. The zero-order valence-electron chi connectivity index (χ0n) is 11.8. The fourth-order valence-electron chi connectivity index (χ4n) is 2.09. The van der Waals surface area contributed by atoms with Gasteiger partial charge in [-0.1, -0.05) is 18.2 Å². The molecule has 104 valence electrons. The van der Waals surface area contributed by atoms with Crippen LogP contribution in [-0.2, 0) is 4.74 Å². The summed E-state index contributed by atoms with van der Waals surface area (Å²) < 4.78 is 5.35. The Morgan fingerprint density at radius 1 is 1.20 bits per heavy atom. The van der Waals surface area contributed by atoms with Crippen molar-refractivity contribution in [1.29, 1.82) is 0 Å². The van der Waals surface area contributed by atoms with Crippen molar-refractivity contribution >= 4 is 5.82 Å². The van der Waals surface area contributed by atoms with Gasteiger partial charge in [0.1, 0.15) is 5.82 Å². The molecule has 1 N–H and O–H groups in total. The van der Waals surface area contributed by atoms with Gasteiger partial charge in [0.2, 0.25) is 0 Å². The Hall–Kier alpha value is -1.94. The van der Waals surface area contributed by atoms with Crippen molar-refractivity contribution < 1.29 is 4.74 Å². The summed E-state index contributed by atoms with van der Waals surface area (Å²) in [6.45, 7) is 2.04. The first-order valence-corrected chi connectivity index (χ1v) is 6.99. The van der Waals surface area contributed by atoms with Gasteiger partial charge in [0, 0.05) is 18.7 Å². The molecule has 3 rings (SSSR count). The second-order valence-electron chi connectivity index (χ2n) is 5.23. The molecule has 0 amide bonds. The van der Waals surface area contributed by atoms with Crippen LogP contribution in [0.5, 0.6) is 0 Å². The predicted molar refractivity (Wildman–Crippen MR) is 79.5 cm³/mol. The van der Waals surface area contributed by atoms with E-state index in [0.717, 1.165) is 22.6 Å². The predicted octanol–water partition coefficient (Wildman–Crippen LogP) is 3.43. The van der Waals surface area contributed by atoms with Crippen LogP contribution in [0.3, 0.4) is 0 Å². The van der Waals surface area contributed by atoms with Gasteiger partial charge in [-0.3, -0.25) is 0 Å². The van der Waals surface area contributed by atoms with Crippen LogP contribution >= 0.6 is 0 Å². The number of anilines is 1. The lowest BCUT2D eigenvalue weighted by molar-refractivity contribution is 0.119. The summed E-state index contributed by atoms with van der Waals surface area (Å²) in [6.07, 6.45) is 2.56. The molecule has 0 saturated heterocycles. The molecule has 1 fully saturated rings. The van der Waals surface area contributed by atoms with E-state index in [0.29, 0.717) is 6.04 Å². The highest BCUT2D eigenvalue weighted by atomic mass is 16.5. The smallest absolute Gasteiger partial charge is 0.148 e. The molecule has 0 unspecified atom stereocenters. The van der Waals surface area contributed by atoms with Crippen molar-refractivity contribution in [3.05, 3.63) is 42.0 Å². The molecular weight excluding hydrogens is 250 g/mol. The van der Waals surface area contributed by atoms with E-state index >= 15 is 0 Å². The van der Waals surface area contributed by atoms with Gasteiger partial charge in [0.05, 0.1) is 11.8 Å². The molecule has 1 atom stereocenters. The van der Waals surface area contributed by atoms with Gasteiger partial charge in [-0.25, -0.2) is 0 Å². The van der Waals surface area contributed by atoms with Gasteiger partial charge in [-0.05, 0) is 43.5 Å². The maximum Gasteiger partial charge on any atom is 0.148 e. The average Bonchev–Trinajstić information content (AvgIpc) is 3.31. The summed E-state index contributed by atoms with van der Waals surface area (Å²) in [5, 5.41) is 11.9. The van der Waals surface area contributed by atoms with Crippen LogP contribution in [0.2, 0.25) is 0 Å². The van der Waals surface area contributed by atoms with Crippen LogP contribution in [0.15, 0.2) is 36.4 Å². The monoisotopic (exact) mass is 269 g/mol. The summed E-state index contributed by atoms with van der Waals surface area (Å²) in [6, 6.07) is 12.8. The lowest BCUT2D eigenvalue weighted by Gasteiger charge is -2.11. The summed E-state index contributed by atoms with van der Waals surface area (Å²) in [5.74, 6) is 0.859. The molecule has 1 aromatic heterocycles. The van der Waals surface area contributed by atoms with Crippen LogP contribution in [0, 0.1) is 0 Å². The highest BCUT2D eigenvalue weighted by Gasteiger charge is 2.21. The van der Waals surface area contributed by atoms with Crippen LogP contribution < -0.4 is 5.32 Å². The highest BCUT2D eigenvalue weighted by Crippen LogP contribution is 2.25. The molecule has 1 aromatic carbocycles. The minimum Gasteiger partial charge on any atom is -0.377 e. The number of methoxy groups -OCH3 is 1. The Bertz CT molecular complexity index is 579. The third-order valence-electron chi connectivity index (χ3n) is 3.60. The first-order chi connectivity index (χ1) is 9.76. The van der Waals surface area contributed by atoms with E-state index in [4.69, 9.17) is 4.74 Å². The lowest BCUT2D eigenvalue weighted by atomic mass is 10.0. The Labute approximate surface area is 119 Å². The number of aromatic nitrogens is 2. The Morgan fingerprint density at radius 2 is 2.05 bits per heavy atom. The topological polar surface area (TPSA) is 47.0 Å². The zero-order chi connectivity index (χ0) is 13.9. The summed E-state index contributed by atoms with van der Waals surface area (Å²) >= 11 is 0. The molecule has 4 nitrogen and oxygen atoms in total. The largest absolute Gasteiger partial charge is 0.377 e. The first kappa shape index (κ1) is 13.1. The van der Waals surface area contributed by atoms with E-state index in [1.165, 1.54) is 12.8 Å². The number of ether oxygens (including phenoxy) is 1. The number of rotatable bonds is 5. The van der Waals surface area contributed by atoms with Crippen LogP contribution in [0.4, 0.5) is 5.82 Å². The fraction of sp³-hybridized carbons (Fsp3) is 0.375. The number of nitrogens with zero attached hydrogens (tertiary/aromatic N) is 2. The highest BCUT2D eigenvalue weighted by molar-refractivity contribution is 5.60. The van der Waals surface area contributed by atoms with E-state index in [1.54, 1.807) is 7.11 Å². The second kappa shape index (κ2) is 5.59. The van der Waals surface area contributed by atoms with Gasteiger partial charge in [0.15, 0.2) is 0 Å². The van der Waals surface area contributed by atoms with Crippen molar-refractivity contribution in [2.45, 2.75) is 31.9 Å². The van der Waals surface area contributed by atoms with E-state index in [-0.39, 0.29) is 6.10 Å². The average molecular weight is 269 g/mol. The molecule has 1 aliphatic carbocycles. The maximum absolute atomic E-state index is 5.35. The summed E-state index contributed by atoms with van der Waals surface area (Å²) in [4.78, 5) is 0. The van der Waals surface area contributed by atoms with Crippen LogP contribution in [0.1, 0.15) is 31.4 Å². The molecule has 2 aromatic rings. The van der Waals surface area contributed by atoms with Gasteiger partial charge < -0.3 is 10.1 Å². The molecule has 0 bridgehead atoms. The molecule has 20 heavy (non-hydrogen) atoms. The Kier molecular flexibility index (Phi) is 3.65. The molecule has 1 aliphatic rings. The summed E-state index contributed by atoms with van der Waals surface area (Å²) in [7, 11) is 1.72. The quantitative estimate of drug-likeness (QED) is 0.903. The van der Waals surface area contributed by atoms with Crippen molar-refractivity contribution in [1.82, 2.24) is 10.2 Å². The Morgan fingerprint density at radius 3 is 2.70 bits per heavy atom. The van der Waals surface area contributed by atoms with Crippen molar-refractivity contribution in [2.75, 3.05) is 12.4 Å². The van der Waals surface area contributed by atoms with E-state index < -0.39 is 0 Å². The molecule has 4 heteroatoms. The molecule has 0 radical (unpaired) electrons. The van der Waals surface area contributed by atoms with Crippen molar-refractivity contribution in [3.63, 3.8) is 0 Å². The van der Waals surface area contributed by atoms with E-state index in [1.807, 2.05) is 31.2 Å². The first-order valence-electron chi connectivity index (χ1n) is 6.99. The molecule has 1 heterocycles. The van der Waals surface area contributed by atoms with Gasteiger partial charge >= 0.3 is 0 Å². The summed E-state index contributed by atoms with van der Waals surface area (Å²) in [5.41, 5.74) is 3.10. The number of nitrogens with one attached hydrogen (secondary N) is 1. The minimum atomic E-state index is 0.0821. The normalized spacial score (nSPS) is 15.9. The molecular formula is C16H19N3O. The van der Waals surface area contributed by atoms with Gasteiger partial charge in [-0.2, -0.15) is 0 Å². The van der Waals surface area contributed by atoms with Crippen molar-refractivity contribution in [2.24, 2.45) is 0 Å². The van der Waals surface area contributed by atoms with E-state index in [9.17, 15) is 0 Å². The standard InChI is InChI=1S/C16H19N3O/c1-11(20-2)12-4-3-5-13(10-12)15-8-9-16(19-18-15)17-14-6-7-14/h3-5,8-11,14H,6-7H2,1-2H3,(H,17,19)/t11-/m1/s1. The van der Waals surface area contributed by atoms with E-state index in [2.05, 4.69) is 27.6 Å². The number of hydrogen-bond donors (Lipinski definition) is 1. The lowest BCUT2D eigenvalue weighted by Crippen LogP contribution is -2.04. The van der Waals surface area contributed by atoms with Crippen LogP contribution in [0.25, 0.3) is 11.3 Å².